The summed E-state index contributed by atoms with van der Waals surface area (Å²) in [5.74, 6) is 1.34. The summed E-state index contributed by atoms with van der Waals surface area (Å²) in [7, 11) is 0. The molecule has 1 fully saturated rings. The quantitative estimate of drug-likeness (QED) is 0.565. The van der Waals surface area contributed by atoms with Gasteiger partial charge in [0.05, 0.1) is 0 Å². The van der Waals surface area contributed by atoms with E-state index in [1.54, 1.807) is 6.33 Å². The number of carbonyl (C=O) groups excluding carboxylic acids is 1. The Bertz CT molecular complexity index is 1150. The number of anilines is 1. The zero-order valence-electron chi connectivity index (χ0n) is 16.0. The van der Waals surface area contributed by atoms with E-state index in [9.17, 15) is 4.79 Å². The predicted molar refractivity (Wildman–Crippen MR) is 113 cm³/mol. The van der Waals surface area contributed by atoms with E-state index in [1.165, 1.54) is 0 Å². The van der Waals surface area contributed by atoms with Gasteiger partial charge in [-0.15, -0.1) is 0 Å². The standard InChI is InChI=1S/C23H22N4O2/c28-23(17-6-2-1-3-7-17)27-12-10-16(11-13-27)14-24-22-21-20(25-15-26-22)18-8-4-5-9-19(18)29-21/h1-9,15-16H,10-14H2,(H,24,25,26). The Morgan fingerprint density at radius 2 is 1.79 bits per heavy atom. The number of hydrogen-bond acceptors (Lipinski definition) is 5. The average molecular weight is 386 g/mol. The van der Waals surface area contributed by atoms with Gasteiger partial charge >= 0.3 is 0 Å². The number of amides is 1. The van der Waals surface area contributed by atoms with Crippen LogP contribution in [-0.2, 0) is 0 Å². The topological polar surface area (TPSA) is 71.3 Å². The summed E-state index contributed by atoms with van der Waals surface area (Å²) < 4.78 is 5.98. The van der Waals surface area contributed by atoms with Gasteiger partial charge in [-0.05, 0) is 43.0 Å². The van der Waals surface area contributed by atoms with Crippen LogP contribution in [-0.4, -0.2) is 40.4 Å². The van der Waals surface area contributed by atoms with Crippen LogP contribution in [0.5, 0.6) is 0 Å². The summed E-state index contributed by atoms with van der Waals surface area (Å²) >= 11 is 0. The number of nitrogens with one attached hydrogen (secondary N) is 1. The lowest BCUT2D eigenvalue weighted by molar-refractivity contribution is 0.0695. The lowest BCUT2D eigenvalue weighted by Crippen LogP contribution is -2.39. The summed E-state index contributed by atoms with van der Waals surface area (Å²) in [5, 5.41) is 4.45. The molecule has 1 aliphatic heterocycles. The maximum Gasteiger partial charge on any atom is 0.253 e. The maximum atomic E-state index is 12.6. The molecule has 2 aromatic carbocycles. The lowest BCUT2D eigenvalue weighted by Gasteiger charge is -2.32. The lowest BCUT2D eigenvalue weighted by atomic mass is 9.96. The van der Waals surface area contributed by atoms with Crippen molar-refractivity contribution in [3.05, 3.63) is 66.5 Å². The first-order valence-electron chi connectivity index (χ1n) is 10.00. The van der Waals surface area contributed by atoms with Gasteiger partial charge in [0.25, 0.3) is 5.91 Å². The Balaban J connectivity index is 1.23. The number of likely N-dealkylation sites (tertiary alicyclic amines) is 1. The Hall–Kier alpha value is -3.41. The van der Waals surface area contributed by atoms with E-state index >= 15 is 0 Å². The van der Waals surface area contributed by atoms with Crippen molar-refractivity contribution in [1.29, 1.82) is 0 Å². The van der Waals surface area contributed by atoms with Crippen LogP contribution < -0.4 is 5.32 Å². The van der Waals surface area contributed by atoms with E-state index in [0.29, 0.717) is 11.5 Å². The molecule has 0 saturated carbocycles. The van der Waals surface area contributed by atoms with E-state index in [-0.39, 0.29) is 5.91 Å². The predicted octanol–water partition coefficient (Wildman–Crippen LogP) is 4.34. The second-order valence-corrected chi connectivity index (χ2v) is 7.48. The highest BCUT2D eigenvalue weighted by molar-refractivity contribution is 6.05. The Morgan fingerprint density at radius 1 is 1.03 bits per heavy atom. The molecule has 0 radical (unpaired) electrons. The summed E-state index contributed by atoms with van der Waals surface area (Å²) in [4.78, 5) is 23.3. The molecule has 2 aromatic heterocycles. The molecule has 1 amide bonds. The first-order chi connectivity index (χ1) is 14.3. The number of hydrogen-bond donors (Lipinski definition) is 1. The van der Waals surface area contributed by atoms with Crippen molar-refractivity contribution < 1.29 is 9.21 Å². The minimum absolute atomic E-state index is 0.122. The van der Waals surface area contributed by atoms with Crippen LogP contribution in [0.25, 0.3) is 22.1 Å². The van der Waals surface area contributed by atoms with Gasteiger partial charge < -0.3 is 14.6 Å². The number of aromatic nitrogens is 2. The van der Waals surface area contributed by atoms with Gasteiger partial charge in [-0.3, -0.25) is 4.79 Å². The Labute approximate surface area is 168 Å². The van der Waals surface area contributed by atoms with Crippen molar-refractivity contribution >= 4 is 33.8 Å². The third-order valence-corrected chi connectivity index (χ3v) is 5.64. The van der Waals surface area contributed by atoms with Crippen LogP contribution in [0.1, 0.15) is 23.2 Å². The second-order valence-electron chi connectivity index (χ2n) is 7.48. The van der Waals surface area contributed by atoms with Crippen LogP contribution >= 0.6 is 0 Å². The Kier molecular flexibility index (Phi) is 4.60. The number of piperidine rings is 1. The molecule has 0 unspecified atom stereocenters. The fourth-order valence-electron chi connectivity index (χ4n) is 3.99. The van der Waals surface area contributed by atoms with Gasteiger partial charge in [-0.25, -0.2) is 9.97 Å². The van der Waals surface area contributed by atoms with Crippen LogP contribution in [0.15, 0.2) is 65.3 Å². The normalized spacial score (nSPS) is 15.1. The summed E-state index contributed by atoms with van der Waals surface area (Å²) in [5.41, 5.74) is 3.11. The van der Waals surface area contributed by atoms with Crippen molar-refractivity contribution in [2.24, 2.45) is 5.92 Å². The molecule has 0 bridgehead atoms. The number of rotatable bonds is 4. The van der Waals surface area contributed by atoms with E-state index in [4.69, 9.17) is 4.42 Å². The zero-order valence-corrected chi connectivity index (χ0v) is 16.0. The molecule has 4 aromatic rings. The molecule has 5 rings (SSSR count). The van der Waals surface area contributed by atoms with Crippen molar-refractivity contribution in [3.8, 4) is 0 Å². The van der Waals surface area contributed by atoms with Crippen molar-refractivity contribution in [2.45, 2.75) is 12.8 Å². The number of fused-ring (bicyclic) bond motifs is 3. The second kappa shape index (κ2) is 7.54. The number of para-hydroxylation sites is 1. The number of nitrogens with zero attached hydrogens (tertiary/aromatic N) is 3. The minimum Gasteiger partial charge on any atom is -0.450 e. The highest BCUT2D eigenvalue weighted by Gasteiger charge is 2.24. The summed E-state index contributed by atoms with van der Waals surface area (Å²) in [6.07, 6.45) is 3.52. The molecule has 6 heteroatoms. The SMILES string of the molecule is O=C(c1ccccc1)N1CCC(CNc2ncnc3c2oc2ccccc23)CC1. The monoisotopic (exact) mass is 386 g/mol. The van der Waals surface area contributed by atoms with E-state index in [2.05, 4.69) is 15.3 Å². The fourth-order valence-corrected chi connectivity index (χ4v) is 3.99. The fraction of sp³-hybridized carbons (Fsp3) is 0.261. The largest absolute Gasteiger partial charge is 0.450 e. The van der Waals surface area contributed by atoms with Crippen LogP contribution in [0.3, 0.4) is 0 Å². The van der Waals surface area contributed by atoms with Crippen molar-refractivity contribution in [1.82, 2.24) is 14.9 Å². The molecule has 29 heavy (non-hydrogen) atoms. The highest BCUT2D eigenvalue weighted by Crippen LogP contribution is 2.30. The third-order valence-electron chi connectivity index (χ3n) is 5.64. The number of furan rings is 1. The average Bonchev–Trinajstić information content (AvgIpc) is 3.17. The molecule has 6 nitrogen and oxygen atoms in total. The third kappa shape index (κ3) is 3.42. The van der Waals surface area contributed by atoms with Crippen LogP contribution in [0.2, 0.25) is 0 Å². The molecule has 0 atom stereocenters. The molecular weight excluding hydrogens is 364 g/mol. The maximum absolute atomic E-state index is 12.6. The van der Waals surface area contributed by atoms with Gasteiger partial charge in [0.15, 0.2) is 11.4 Å². The van der Waals surface area contributed by atoms with Crippen LogP contribution in [0, 0.1) is 5.92 Å². The molecule has 1 saturated heterocycles. The smallest absolute Gasteiger partial charge is 0.253 e. The highest BCUT2D eigenvalue weighted by atomic mass is 16.3. The molecular formula is C23H22N4O2. The van der Waals surface area contributed by atoms with Crippen LogP contribution in [0.4, 0.5) is 5.82 Å². The van der Waals surface area contributed by atoms with E-state index in [1.807, 2.05) is 59.5 Å². The minimum atomic E-state index is 0.122. The number of carbonyl (C=O) groups is 1. The molecule has 0 spiro atoms. The Morgan fingerprint density at radius 3 is 2.62 bits per heavy atom. The summed E-state index contributed by atoms with van der Waals surface area (Å²) in [6, 6.07) is 17.4. The summed E-state index contributed by atoms with van der Waals surface area (Å²) in [6.45, 7) is 2.37. The van der Waals surface area contributed by atoms with Crippen molar-refractivity contribution in [3.63, 3.8) is 0 Å². The van der Waals surface area contributed by atoms with Gasteiger partial charge in [-0.2, -0.15) is 0 Å². The zero-order chi connectivity index (χ0) is 19.6. The first-order valence-corrected chi connectivity index (χ1v) is 10.00. The van der Waals surface area contributed by atoms with Gasteiger partial charge in [0, 0.05) is 30.6 Å². The van der Waals surface area contributed by atoms with Gasteiger partial charge in [0.1, 0.15) is 17.4 Å². The van der Waals surface area contributed by atoms with Crippen molar-refractivity contribution in [2.75, 3.05) is 25.0 Å². The molecule has 0 aliphatic carbocycles. The van der Waals surface area contributed by atoms with E-state index in [0.717, 1.165) is 60.3 Å². The molecule has 146 valence electrons. The molecule has 1 N–H and O–H groups in total. The van der Waals surface area contributed by atoms with E-state index < -0.39 is 0 Å². The number of benzene rings is 2. The molecule has 3 heterocycles. The molecule has 1 aliphatic rings. The van der Waals surface area contributed by atoms with Gasteiger partial charge in [0.2, 0.25) is 0 Å². The first kappa shape index (κ1) is 17.7. The van der Waals surface area contributed by atoms with Gasteiger partial charge in [-0.1, -0.05) is 30.3 Å².